The van der Waals surface area contributed by atoms with Gasteiger partial charge in [-0.1, -0.05) is 31.0 Å². The summed E-state index contributed by atoms with van der Waals surface area (Å²) in [7, 11) is -1.51. The van der Waals surface area contributed by atoms with Crippen LogP contribution in [0.2, 0.25) is 0 Å². The monoisotopic (exact) mass is 423 g/mol. The molecule has 1 amide bonds. The molecule has 2 fully saturated rings. The molecule has 1 heterocycles. The fourth-order valence-electron chi connectivity index (χ4n) is 4.32. The van der Waals surface area contributed by atoms with E-state index in [1.165, 1.54) is 0 Å². The summed E-state index contributed by atoms with van der Waals surface area (Å²) in [6.45, 7) is -0.336. The molecule has 0 bridgehead atoms. The number of carbonyl (C=O) groups excluding carboxylic acids is 2. The number of para-hydroxylation sites is 1. The van der Waals surface area contributed by atoms with E-state index in [9.17, 15) is 18.0 Å². The number of rotatable bonds is 8. The van der Waals surface area contributed by atoms with Gasteiger partial charge in [0.25, 0.3) is 5.91 Å². The van der Waals surface area contributed by atoms with Crippen molar-refractivity contribution in [1.29, 1.82) is 0 Å². The van der Waals surface area contributed by atoms with Crippen LogP contribution < -0.4 is 4.74 Å². The Bertz CT molecular complexity index is 831. The number of sulfone groups is 1. The highest BCUT2D eigenvalue weighted by Crippen LogP contribution is 2.29. The summed E-state index contributed by atoms with van der Waals surface area (Å²) in [4.78, 5) is 26.7. The van der Waals surface area contributed by atoms with Gasteiger partial charge in [0.2, 0.25) is 0 Å². The smallest absolute Gasteiger partial charge is 0.306 e. The minimum Gasteiger partial charge on any atom is -0.496 e. The molecule has 29 heavy (non-hydrogen) atoms. The highest BCUT2D eigenvalue weighted by molar-refractivity contribution is 7.91. The largest absolute Gasteiger partial charge is 0.496 e. The van der Waals surface area contributed by atoms with Gasteiger partial charge in [0.1, 0.15) is 5.75 Å². The van der Waals surface area contributed by atoms with Crippen LogP contribution in [0.25, 0.3) is 0 Å². The van der Waals surface area contributed by atoms with Crippen LogP contribution in [0.5, 0.6) is 5.75 Å². The lowest BCUT2D eigenvalue weighted by Gasteiger charge is -2.33. The summed E-state index contributed by atoms with van der Waals surface area (Å²) < 4.78 is 34.3. The Labute approximate surface area is 172 Å². The molecule has 7 nitrogen and oxygen atoms in total. The Hall–Kier alpha value is -2.09. The van der Waals surface area contributed by atoms with E-state index in [1.54, 1.807) is 12.0 Å². The van der Waals surface area contributed by atoms with E-state index < -0.39 is 15.8 Å². The third-order valence-electron chi connectivity index (χ3n) is 5.76. The molecule has 1 saturated carbocycles. The van der Waals surface area contributed by atoms with E-state index in [-0.39, 0.29) is 42.5 Å². The summed E-state index contributed by atoms with van der Waals surface area (Å²) in [6, 6.07) is 7.21. The van der Waals surface area contributed by atoms with E-state index in [0.29, 0.717) is 18.6 Å². The number of hydrogen-bond donors (Lipinski definition) is 0. The Morgan fingerprint density at radius 1 is 1.10 bits per heavy atom. The van der Waals surface area contributed by atoms with Crippen LogP contribution in [0.15, 0.2) is 24.3 Å². The normalized spacial score (nSPS) is 21.1. The van der Waals surface area contributed by atoms with Crippen molar-refractivity contribution in [2.75, 3.05) is 25.2 Å². The predicted molar refractivity (Wildman–Crippen MR) is 108 cm³/mol. The van der Waals surface area contributed by atoms with E-state index in [4.69, 9.17) is 9.47 Å². The zero-order chi connectivity index (χ0) is 20.9. The third-order valence-corrected chi connectivity index (χ3v) is 7.51. The molecule has 0 N–H and O–H groups in total. The van der Waals surface area contributed by atoms with Crippen LogP contribution in [-0.4, -0.2) is 62.5 Å². The van der Waals surface area contributed by atoms with E-state index in [0.717, 1.165) is 31.2 Å². The van der Waals surface area contributed by atoms with Gasteiger partial charge >= 0.3 is 5.97 Å². The molecule has 0 aromatic heterocycles. The lowest BCUT2D eigenvalue weighted by molar-refractivity contribution is -0.154. The summed E-state index contributed by atoms with van der Waals surface area (Å²) in [6.07, 6.45) is 4.90. The third kappa shape index (κ3) is 5.72. The molecule has 3 rings (SSSR count). The molecule has 1 aliphatic heterocycles. The maximum atomic E-state index is 12.8. The maximum absolute atomic E-state index is 12.8. The van der Waals surface area contributed by atoms with Crippen LogP contribution in [-0.2, 0) is 30.6 Å². The number of amides is 1. The second-order valence-corrected chi connectivity index (χ2v) is 10.00. The molecular weight excluding hydrogens is 394 g/mol. The van der Waals surface area contributed by atoms with Gasteiger partial charge in [-0.3, -0.25) is 9.59 Å². The highest BCUT2D eigenvalue weighted by atomic mass is 32.2. The van der Waals surface area contributed by atoms with Crippen LogP contribution in [0, 0.1) is 0 Å². The molecule has 1 aliphatic carbocycles. The minimum absolute atomic E-state index is 0.0109. The molecule has 1 aromatic carbocycles. The zero-order valence-electron chi connectivity index (χ0n) is 16.8. The average Bonchev–Trinajstić information content (AvgIpc) is 3.35. The SMILES string of the molecule is COc1ccccc1CCC(=O)OCC(=O)N(C1CCCC1)C1CCS(=O)(=O)C1. The Balaban J connectivity index is 1.54. The number of esters is 1. The van der Waals surface area contributed by atoms with Crippen molar-refractivity contribution in [1.82, 2.24) is 4.90 Å². The summed E-state index contributed by atoms with van der Waals surface area (Å²) in [5, 5.41) is 0. The van der Waals surface area contributed by atoms with Gasteiger partial charge < -0.3 is 14.4 Å². The topological polar surface area (TPSA) is 90.0 Å². The first-order chi connectivity index (χ1) is 13.9. The lowest BCUT2D eigenvalue weighted by Crippen LogP contribution is -2.48. The number of methoxy groups -OCH3 is 1. The summed E-state index contributed by atoms with van der Waals surface area (Å²) in [5.41, 5.74) is 0.905. The molecule has 1 unspecified atom stereocenters. The number of hydrogen-bond acceptors (Lipinski definition) is 6. The molecule has 1 aromatic rings. The number of carbonyl (C=O) groups is 2. The summed E-state index contributed by atoms with van der Waals surface area (Å²) in [5.74, 6) is 0.106. The Morgan fingerprint density at radius 3 is 2.48 bits per heavy atom. The fourth-order valence-corrected chi connectivity index (χ4v) is 6.03. The predicted octanol–water partition coefficient (Wildman–Crippen LogP) is 2.13. The standard InChI is InChI=1S/C21H29NO6S/c1-27-19-9-5-2-6-16(19)10-11-21(24)28-14-20(23)22(17-7-3-4-8-17)18-12-13-29(25,26)15-18/h2,5-6,9,17-18H,3-4,7-8,10-15H2,1H3. The first-order valence-electron chi connectivity index (χ1n) is 10.2. The van der Waals surface area contributed by atoms with Crippen molar-refractivity contribution in [2.24, 2.45) is 0 Å². The van der Waals surface area contributed by atoms with E-state index >= 15 is 0 Å². The van der Waals surface area contributed by atoms with Crippen LogP contribution in [0.1, 0.15) is 44.1 Å². The summed E-state index contributed by atoms with van der Waals surface area (Å²) >= 11 is 0. The number of ether oxygens (including phenoxy) is 2. The molecule has 8 heteroatoms. The van der Waals surface area contributed by atoms with Crippen molar-refractivity contribution >= 4 is 21.7 Å². The second-order valence-electron chi connectivity index (χ2n) is 7.77. The van der Waals surface area contributed by atoms with Gasteiger partial charge in [0.15, 0.2) is 16.4 Å². The van der Waals surface area contributed by atoms with Gasteiger partial charge in [0.05, 0.1) is 18.6 Å². The Morgan fingerprint density at radius 2 is 1.83 bits per heavy atom. The lowest BCUT2D eigenvalue weighted by atomic mass is 10.1. The Kier molecular flexibility index (Phi) is 7.16. The average molecular weight is 424 g/mol. The zero-order valence-corrected chi connectivity index (χ0v) is 17.7. The van der Waals surface area contributed by atoms with Gasteiger partial charge in [0, 0.05) is 18.5 Å². The molecule has 2 aliphatic rings. The van der Waals surface area contributed by atoms with Gasteiger partial charge in [-0.15, -0.1) is 0 Å². The fraction of sp³-hybridized carbons (Fsp3) is 0.619. The van der Waals surface area contributed by atoms with Crippen molar-refractivity contribution in [2.45, 2.75) is 57.0 Å². The van der Waals surface area contributed by atoms with Crippen LogP contribution in [0.3, 0.4) is 0 Å². The number of benzene rings is 1. The van der Waals surface area contributed by atoms with Gasteiger partial charge in [-0.2, -0.15) is 0 Å². The van der Waals surface area contributed by atoms with E-state index in [1.807, 2.05) is 24.3 Å². The molecule has 0 spiro atoms. The van der Waals surface area contributed by atoms with Gasteiger partial charge in [-0.25, -0.2) is 8.42 Å². The van der Waals surface area contributed by atoms with Crippen LogP contribution >= 0.6 is 0 Å². The van der Waals surface area contributed by atoms with Crippen molar-refractivity contribution in [3.63, 3.8) is 0 Å². The quantitative estimate of drug-likeness (QED) is 0.595. The van der Waals surface area contributed by atoms with Crippen molar-refractivity contribution in [3.8, 4) is 5.75 Å². The van der Waals surface area contributed by atoms with E-state index in [2.05, 4.69) is 0 Å². The molecule has 1 atom stereocenters. The molecule has 0 radical (unpaired) electrons. The minimum atomic E-state index is -3.09. The number of nitrogens with zero attached hydrogens (tertiary/aromatic N) is 1. The maximum Gasteiger partial charge on any atom is 0.306 e. The molecule has 160 valence electrons. The molecule has 1 saturated heterocycles. The van der Waals surface area contributed by atoms with Crippen LogP contribution in [0.4, 0.5) is 0 Å². The first-order valence-corrected chi connectivity index (χ1v) is 12.0. The number of aryl methyl sites for hydroxylation is 1. The highest BCUT2D eigenvalue weighted by Gasteiger charge is 2.39. The second kappa shape index (κ2) is 9.61. The van der Waals surface area contributed by atoms with Gasteiger partial charge in [-0.05, 0) is 37.3 Å². The molecular formula is C21H29NO6S. The van der Waals surface area contributed by atoms with Crippen molar-refractivity contribution in [3.05, 3.63) is 29.8 Å². The first kappa shape index (κ1) is 21.6. The van der Waals surface area contributed by atoms with Crippen molar-refractivity contribution < 1.29 is 27.5 Å².